The number of hydrogen-bond acceptors (Lipinski definition) is 3. The number of methoxy groups -OCH3 is 1. The molecule has 1 aromatic heterocycles. The van der Waals surface area contributed by atoms with Gasteiger partial charge in [0.05, 0.1) is 12.8 Å². The lowest BCUT2D eigenvalue weighted by atomic mass is 10.2. The number of aromatic nitrogens is 2. The Morgan fingerprint density at radius 3 is 3.00 bits per heavy atom. The van der Waals surface area contributed by atoms with Crippen molar-refractivity contribution in [2.45, 2.75) is 39.8 Å². The summed E-state index contributed by atoms with van der Waals surface area (Å²) >= 11 is 0. The topological polar surface area (TPSA) is 39.1 Å². The third-order valence-electron chi connectivity index (χ3n) is 2.73. The van der Waals surface area contributed by atoms with Crippen molar-refractivity contribution in [3.8, 4) is 0 Å². The predicted octanol–water partition coefficient (Wildman–Crippen LogP) is 1.73. The molecule has 0 bridgehead atoms. The van der Waals surface area contributed by atoms with Crippen LogP contribution in [0.1, 0.15) is 31.0 Å². The minimum absolute atomic E-state index is 0.753. The van der Waals surface area contributed by atoms with Gasteiger partial charge in [-0.25, -0.2) is 0 Å². The van der Waals surface area contributed by atoms with E-state index in [0.717, 1.165) is 26.2 Å². The lowest BCUT2D eigenvalue weighted by Crippen LogP contribution is -2.18. The highest BCUT2D eigenvalue weighted by Gasteiger charge is 2.04. The van der Waals surface area contributed by atoms with Crippen molar-refractivity contribution in [1.82, 2.24) is 15.1 Å². The van der Waals surface area contributed by atoms with Crippen molar-refractivity contribution in [1.29, 1.82) is 0 Å². The largest absolute Gasteiger partial charge is 0.383 e. The third kappa shape index (κ3) is 3.94. The van der Waals surface area contributed by atoms with Gasteiger partial charge in [0.2, 0.25) is 0 Å². The van der Waals surface area contributed by atoms with Crippen LogP contribution >= 0.6 is 0 Å². The van der Waals surface area contributed by atoms with E-state index in [1.165, 1.54) is 24.1 Å². The van der Waals surface area contributed by atoms with E-state index in [1.807, 2.05) is 6.20 Å². The first kappa shape index (κ1) is 13.2. The molecule has 0 saturated carbocycles. The molecule has 1 N–H and O–H groups in total. The molecule has 0 aromatic carbocycles. The molecule has 0 aliphatic heterocycles. The Kier molecular flexibility index (Phi) is 6.11. The van der Waals surface area contributed by atoms with Gasteiger partial charge in [-0.15, -0.1) is 0 Å². The molecular weight excluding hydrogens is 202 g/mol. The van der Waals surface area contributed by atoms with E-state index in [4.69, 9.17) is 4.74 Å². The van der Waals surface area contributed by atoms with E-state index >= 15 is 0 Å². The minimum atomic E-state index is 0.753. The zero-order chi connectivity index (χ0) is 11.8. The number of ether oxygens (including phenoxy) is 1. The van der Waals surface area contributed by atoms with Gasteiger partial charge in [0.1, 0.15) is 0 Å². The Bertz CT molecular complexity index is 296. The molecule has 92 valence electrons. The van der Waals surface area contributed by atoms with Crippen molar-refractivity contribution < 1.29 is 4.74 Å². The highest BCUT2D eigenvalue weighted by atomic mass is 16.5. The minimum Gasteiger partial charge on any atom is -0.383 e. The zero-order valence-corrected chi connectivity index (χ0v) is 10.6. The van der Waals surface area contributed by atoms with E-state index in [-0.39, 0.29) is 0 Å². The fourth-order valence-corrected chi connectivity index (χ4v) is 1.59. The third-order valence-corrected chi connectivity index (χ3v) is 2.73. The monoisotopic (exact) mass is 225 g/mol. The van der Waals surface area contributed by atoms with Gasteiger partial charge >= 0.3 is 0 Å². The van der Waals surface area contributed by atoms with E-state index in [0.29, 0.717) is 0 Å². The molecule has 0 aliphatic carbocycles. The number of hydrogen-bond donors (Lipinski definition) is 1. The Hall–Kier alpha value is -0.870. The van der Waals surface area contributed by atoms with Gasteiger partial charge in [-0.2, -0.15) is 5.10 Å². The van der Waals surface area contributed by atoms with Gasteiger partial charge in [0.25, 0.3) is 0 Å². The Morgan fingerprint density at radius 2 is 2.31 bits per heavy atom. The lowest BCUT2D eigenvalue weighted by molar-refractivity contribution is 0.199. The molecule has 1 aromatic rings. The summed E-state index contributed by atoms with van der Waals surface area (Å²) in [7, 11) is 1.72. The second-order valence-electron chi connectivity index (χ2n) is 4.00. The predicted molar refractivity (Wildman–Crippen MR) is 65.5 cm³/mol. The zero-order valence-electron chi connectivity index (χ0n) is 10.6. The Morgan fingerprint density at radius 1 is 1.50 bits per heavy atom. The molecule has 1 heterocycles. The van der Waals surface area contributed by atoms with Crippen LogP contribution in [0, 0.1) is 6.92 Å². The van der Waals surface area contributed by atoms with Gasteiger partial charge in [0.15, 0.2) is 0 Å². The quantitative estimate of drug-likeness (QED) is 0.685. The van der Waals surface area contributed by atoms with Crippen LogP contribution in [0.2, 0.25) is 0 Å². The number of unbranched alkanes of at least 4 members (excludes halogenated alkanes) is 1. The Balaban J connectivity index is 2.38. The molecule has 0 amide bonds. The average Bonchev–Trinajstić information content (AvgIpc) is 2.64. The maximum atomic E-state index is 4.98. The van der Waals surface area contributed by atoms with Gasteiger partial charge < -0.3 is 10.1 Å². The first-order valence-electron chi connectivity index (χ1n) is 6.00. The summed E-state index contributed by atoms with van der Waals surface area (Å²) in [5.74, 6) is 0. The summed E-state index contributed by atoms with van der Waals surface area (Å²) in [6.07, 6.45) is 4.37. The van der Waals surface area contributed by atoms with Crippen LogP contribution in [0.15, 0.2) is 6.20 Å². The summed E-state index contributed by atoms with van der Waals surface area (Å²) in [6.45, 7) is 7.88. The van der Waals surface area contributed by atoms with Crippen LogP contribution in [-0.4, -0.2) is 30.0 Å². The van der Waals surface area contributed by atoms with E-state index in [1.54, 1.807) is 7.11 Å². The highest BCUT2D eigenvalue weighted by molar-refractivity contribution is 5.15. The summed E-state index contributed by atoms with van der Waals surface area (Å²) in [4.78, 5) is 0. The second kappa shape index (κ2) is 7.41. The maximum Gasteiger partial charge on any atom is 0.0587 e. The fraction of sp³-hybridized carbons (Fsp3) is 0.750. The molecule has 0 radical (unpaired) electrons. The SMILES string of the molecule is CCCCn1ncc(CNCCOC)c1C. The molecule has 0 spiro atoms. The van der Waals surface area contributed by atoms with E-state index in [9.17, 15) is 0 Å². The van der Waals surface area contributed by atoms with Gasteiger partial charge in [0, 0.05) is 38.0 Å². The molecule has 0 aliphatic rings. The number of rotatable bonds is 8. The van der Waals surface area contributed by atoms with Crippen molar-refractivity contribution in [2.24, 2.45) is 0 Å². The van der Waals surface area contributed by atoms with Crippen LogP contribution in [-0.2, 0) is 17.8 Å². The standard InChI is InChI=1S/C12H23N3O/c1-4-5-7-15-11(2)12(10-14-15)9-13-6-8-16-3/h10,13H,4-9H2,1-3H3. The summed E-state index contributed by atoms with van der Waals surface area (Å²) in [5.41, 5.74) is 2.56. The Labute approximate surface area is 98.0 Å². The smallest absolute Gasteiger partial charge is 0.0587 e. The molecule has 0 saturated heterocycles. The van der Waals surface area contributed by atoms with Gasteiger partial charge in [-0.1, -0.05) is 13.3 Å². The molecule has 0 fully saturated rings. The van der Waals surface area contributed by atoms with Crippen molar-refractivity contribution in [2.75, 3.05) is 20.3 Å². The van der Waals surface area contributed by atoms with Crippen LogP contribution in [0.5, 0.6) is 0 Å². The first-order valence-corrected chi connectivity index (χ1v) is 6.00. The molecule has 4 nitrogen and oxygen atoms in total. The summed E-state index contributed by atoms with van der Waals surface area (Å²) in [5, 5.41) is 7.73. The van der Waals surface area contributed by atoms with Crippen LogP contribution in [0.4, 0.5) is 0 Å². The second-order valence-corrected chi connectivity index (χ2v) is 4.00. The first-order chi connectivity index (χ1) is 7.79. The summed E-state index contributed by atoms with van der Waals surface area (Å²) in [6, 6.07) is 0. The number of nitrogens with one attached hydrogen (secondary N) is 1. The normalized spacial score (nSPS) is 10.9. The molecule has 16 heavy (non-hydrogen) atoms. The van der Waals surface area contributed by atoms with E-state index < -0.39 is 0 Å². The summed E-state index contributed by atoms with van der Waals surface area (Å²) < 4.78 is 7.08. The maximum absolute atomic E-state index is 4.98. The van der Waals surface area contributed by atoms with Crippen LogP contribution < -0.4 is 5.32 Å². The highest BCUT2D eigenvalue weighted by Crippen LogP contribution is 2.07. The van der Waals surface area contributed by atoms with Gasteiger partial charge in [-0.3, -0.25) is 4.68 Å². The molecular formula is C12H23N3O. The van der Waals surface area contributed by atoms with Crippen LogP contribution in [0.25, 0.3) is 0 Å². The number of aryl methyl sites for hydroxylation is 1. The van der Waals surface area contributed by atoms with E-state index in [2.05, 4.69) is 28.9 Å². The molecule has 0 unspecified atom stereocenters. The van der Waals surface area contributed by atoms with Gasteiger partial charge in [-0.05, 0) is 13.3 Å². The average molecular weight is 225 g/mol. The van der Waals surface area contributed by atoms with Crippen molar-refractivity contribution >= 4 is 0 Å². The number of nitrogens with zero attached hydrogens (tertiary/aromatic N) is 2. The molecule has 1 rings (SSSR count). The van der Waals surface area contributed by atoms with Crippen LogP contribution in [0.3, 0.4) is 0 Å². The molecule has 0 atom stereocenters. The lowest BCUT2D eigenvalue weighted by Gasteiger charge is -2.05. The fourth-order valence-electron chi connectivity index (χ4n) is 1.59. The van der Waals surface area contributed by atoms with Crippen molar-refractivity contribution in [3.05, 3.63) is 17.5 Å². The molecule has 4 heteroatoms. The van der Waals surface area contributed by atoms with Crippen molar-refractivity contribution in [3.63, 3.8) is 0 Å².